The van der Waals surface area contributed by atoms with Crippen molar-refractivity contribution in [2.24, 2.45) is 0 Å². The van der Waals surface area contributed by atoms with Crippen LogP contribution in [-0.2, 0) is 0 Å². The summed E-state index contributed by atoms with van der Waals surface area (Å²) >= 11 is 0. The summed E-state index contributed by atoms with van der Waals surface area (Å²) < 4.78 is 11.7. The number of alkyl halides is 1. The Kier molecular flexibility index (Phi) is 2.66. The van der Waals surface area contributed by atoms with Gasteiger partial charge in [0.05, 0.1) is 11.9 Å². The predicted octanol–water partition coefficient (Wildman–Crippen LogP) is 1.05. The average Bonchev–Trinajstić information content (AvgIpc) is 2.04. The second-order valence-corrected chi connectivity index (χ2v) is 2.09. The normalized spacial score (nSPS) is 9.55. The molecule has 0 aliphatic carbocycles. The largest absolute Gasteiger partial charge is 0.384 e. The van der Waals surface area contributed by atoms with E-state index in [9.17, 15) is 4.39 Å². The molecule has 0 saturated heterocycles. The second-order valence-electron chi connectivity index (χ2n) is 2.09. The maximum Gasteiger partial charge on any atom is 0.123 e. The Hall–Kier alpha value is -1.32. The van der Waals surface area contributed by atoms with Crippen molar-refractivity contribution in [2.75, 3.05) is 24.3 Å². The van der Waals surface area contributed by atoms with Crippen LogP contribution in [0.3, 0.4) is 0 Å². The number of nitrogen functional groups attached to an aromatic ring is 1. The van der Waals surface area contributed by atoms with Crippen LogP contribution in [0, 0.1) is 0 Å². The predicted molar refractivity (Wildman–Crippen MR) is 43.1 cm³/mol. The van der Waals surface area contributed by atoms with Gasteiger partial charge in [-0.15, -0.1) is 0 Å². The highest BCUT2D eigenvalue weighted by molar-refractivity contribution is 5.45. The molecule has 0 aromatic carbocycles. The van der Waals surface area contributed by atoms with Gasteiger partial charge in [-0.25, -0.2) is 9.37 Å². The minimum Gasteiger partial charge on any atom is -0.384 e. The Balaban J connectivity index is 2.52. The molecule has 1 aromatic rings. The summed E-state index contributed by atoms with van der Waals surface area (Å²) in [5.41, 5.74) is 6.13. The summed E-state index contributed by atoms with van der Waals surface area (Å²) in [4.78, 5) is 3.82. The molecular formula is C7H10FN3. The van der Waals surface area contributed by atoms with E-state index in [1.54, 1.807) is 18.3 Å². The Morgan fingerprint density at radius 3 is 2.91 bits per heavy atom. The van der Waals surface area contributed by atoms with Gasteiger partial charge in [0.1, 0.15) is 12.5 Å². The number of anilines is 2. The first-order valence-corrected chi connectivity index (χ1v) is 3.34. The summed E-state index contributed by atoms with van der Waals surface area (Å²) in [6.07, 6.45) is 1.57. The lowest BCUT2D eigenvalue weighted by Crippen LogP contribution is -2.03. The molecule has 0 aliphatic rings. The van der Waals surface area contributed by atoms with Crippen molar-refractivity contribution < 1.29 is 4.39 Å². The molecular weight excluding hydrogens is 145 g/mol. The first-order valence-electron chi connectivity index (χ1n) is 3.34. The van der Waals surface area contributed by atoms with Crippen molar-refractivity contribution in [2.45, 2.75) is 0 Å². The highest BCUT2D eigenvalue weighted by Crippen LogP contribution is 2.05. The molecule has 1 heterocycles. The lowest BCUT2D eigenvalue weighted by atomic mass is 10.4. The van der Waals surface area contributed by atoms with Crippen LogP contribution in [0.2, 0.25) is 0 Å². The Morgan fingerprint density at radius 2 is 2.36 bits per heavy atom. The van der Waals surface area contributed by atoms with E-state index in [4.69, 9.17) is 5.73 Å². The van der Waals surface area contributed by atoms with Crippen molar-refractivity contribution >= 4 is 11.5 Å². The molecule has 0 aliphatic heterocycles. The monoisotopic (exact) mass is 155 g/mol. The van der Waals surface area contributed by atoms with Gasteiger partial charge in [-0.3, -0.25) is 0 Å². The van der Waals surface area contributed by atoms with Crippen LogP contribution in [-0.4, -0.2) is 18.2 Å². The minimum atomic E-state index is -0.385. The van der Waals surface area contributed by atoms with Gasteiger partial charge in [-0.05, 0) is 12.1 Å². The van der Waals surface area contributed by atoms with Gasteiger partial charge in [0.25, 0.3) is 0 Å². The summed E-state index contributed by atoms with van der Waals surface area (Å²) in [6, 6.07) is 3.43. The molecule has 1 rings (SSSR count). The van der Waals surface area contributed by atoms with Gasteiger partial charge in [-0.1, -0.05) is 0 Å². The highest BCUT2D eigenvalue weighted by Gasteiger charge is 1.90. The van der Waals surface area contributed by atoms with E-state index in [2.05, 4.69) is 10.3 Å². The third-order valence-corrected chi connectivity index (χ3v) is 1.21. The maximum absolute atomic E-state index is 11.7. The summed E-state index contributed by atoms with van der Waals surface area (Å²) in [6.45, 7) is -0.0734. The highest BCUT2D eigenvalue weighted by atomic mass is 19.1. The number of aromatic nitrogens is 1. The number of nitrogens with zero attached hydrogens (tertiary/aromatic N) is 1. The van der Waals surface area contributed by atoms with E-state index in [0.29, 0.717) is 12.4 Å². The lowest BCUT2D eigenvalue weighted by molar-refractivity contribution is 0.513. The molecule has 0 unspecified atom stereocenters. The maximum atomic E-state index is 11.7. The topological polar surface area (TPSA) is 50.9 Å². The number of hydrogen-bond acceptors (Lipinski definition) is 3. The Labute approximate surface area is 64.4 Å². The van der Waals surface area contributed by atoms with E-state index < -0.39 is 0 Å². The van der Waals surface area contributed by atoms with E-state index in [-0.39, 0.29) is 6.67 Å². The SMILES string of the molecule is Nc1ccc(NCCF)cn1. The summed E-state index contributed by atoms with van der Waals surface area (Å²) in [5.74, 6) is 0.468. The van der Waals surface area contributed by atoms with E-state index in [1.165, 1.54) is 0 Å². The molecule has 3 nitrogen and oxygen atoms in total. The van der Waals surface area contributed by atoms with Crippen LogP contribution in [0.25, 0.3) is 0 Å². The third-order valence-electron chi connectivity index (χ3n) is 1.21. The number of hydrogen-bond donors (Lipinski definition) is 2. The molecule has 0 saturated carbocycles. The number of nitrogens with two attached hydrogens (primary N) is 1. The molecule has 0 bridgehead atoms. The number of nitrogens with one attached hydrogen (secondary N) is 1. The lowest BCUT2D eigenvalue weighted by Gasteiger charge is -2.01. The van der Waals surface area contributed by atoms with Crippen LogP contribution >= 0.6 is 0 Å². The number of halogens is 1. The molecule has 0 amide bonds. The average molecular weight is 155 g/mol. The molecule has 4 heteroatoms. The third kappa shape index (κ3) is 2.41. The smallest absolute Gasteiger partial charge is 0.123 e. The summed E-state index contributed by atoms with van der Waals surface area (Å²) in [7, 11) is 0. The molecule has 0 atom stereocenters. The molecule has 0 radical (unpaired) electrons. The van der Waals surface area contributed by atoms with E-state index in [0.717, 1.165) is 5.69 Å². The van der Waals surface area contributed by atoms with Crippen LogP contribution in [0.15, 0.2) is 18.3 Å². The fourth-order valence-electron chi connectivity index (χ4n) is 0.701. The van der Waals surface area contributed by atoms with Gasteiger partial charge in [0, 0.05) is 6.54 Å². The van der Waals surface area contributed by atoms with E-state index >= 15 is 0 Å². The zero-order valence-corrected chi connectivity index (χ0v) is 6.05. The Bertz CT molecular complexity index is 209. The first-order chi connectivity index (χ1) is 5.33. The number of rotatable bonds is 3. The van der Waals surface area contributed by atoms with Crippen LogP contribution in [0.5, 0.6) is 0 Å². The van der Waals surface area contributed by atoms with Crippen molar-refractivity contribution in [3.8, 4) is 0 Å². The van der Waals surface area contributed by atoms with Gasteiger partial charge in [-0.2, -0.15) is 0 Å². The second kappa shape index (κ2) is 3.75. The molecule has 11 heavy (non-hydrogen) atoms. The van der Waals surface area contributed by atoms with Crippen molar-refractivity contribution in [3.63, 3.8) is 0 Å². The minimum absolute atomic E-state index is 0.311. The van der Waals surface area contributed by atoms with Gasteiger partial charge < -0.3 is 11.1 Å². The summed E-state index contributed by atoms with van der Waals surface area (Å²) in [5, 5.41) is 2.83. The van der Waals surface area contributed by atoms with E-state index in [1.807, 2.05) is 0 Å². The molecule has 3 N–H and O–H groups in total. The zero-order chi connectivity index (χ0) is 8.10. The Morgan fingerprint density at radius 1 is 1.55 bits per heavy atom. The number of pyridine rings is 1. The first kappa shape index (κ1) is 7.78. The molecule has 60 valence electrons. The van der Waals surface area contributed by atoms with Crippen LogP contribution in [0.1, 0.15) is 0 Å². The van der Waals surface area contributed by atoms with Gasteiger partial charge in [0.2, 0.25) is 0 Å². The van der Waals surface area contributed by atoms with Crippen LogP contribution in [0.4, 0.5) is 15.9 Å². The van der Waals surface area contributed by atoms with Gasteiger partial charge >= 0.3 is 0 Å². The van der Waals surface area contributed by atoms with Crippen molar-refractivity contribution in [3.05, 3.63) is 18.3 Å². The fourth-order valence-corrected chi connectivity index (χ4v) is 0.701. The molecule has 1 aromatic heterocycles. The molecule has 0 spiro atoms. The fraction of sp³-hybridized carbons (Fsp3) is 0.286. The van der Waals surface area contributed by atoms with Gasteiger partial charge in [0.15, 0.2) is 0 Å². The van der Waals surface area contributed by atoms with Crippen molar-refractivity contribution in [1.29, 1.82) is 0 Å². The van der Waals surface area contributed by atoms with Crippen LogP contribution < -0.4 is 11.1 Å². The van der Waals surface area contributed by atoms with Crippen molar-refractivity contribution in [1.82, 2.24) is 4.98 Å². The standard InChI is InChI=1S/C7H10FN3/c8-3-4-10-6-1-2-7(9)11-5-6/h1-2,5,10H,3-4H2,(H2,9,11). The zero-order valence-electron chi connectivity index (χ0n) is 6.05. The molecule has 0 fully saturated rings. The quantitative estimate of drug-likeness (QED) is 0.685.